The van der Waals surface area contributed by atoms with E-state index in [1.807, 2.05) is 42.3 Å². The number of aromatic nitrogens is 3. The first-order valence-electron chi connectivity index (χ1n) is 7.85. The Balaban J connectivity index is 1.56. The topological polar surface area (TPSA) is 66.4 Å². The van der Waals surface area contributed by atoms with Crippen molar-refractivity contribution in [1.82, 2.24) is 20.1 Å². The lowest BCUT2D eigenvalue weighted by Gasteiger charge is -2.26. The maximum absolute atomic E-state index is 5.35. The predicted molar refractivity (Wildman–Crippen MR) is 90.1 cm³/mol. The van der Waals surface area contributed by atoms with Crippen molar-refractivity contribution in [3.8, 4) is 0 Å². The summed E-state index contributed by atoms with van der Waals surface area (Å²) in [5, 5.41) is 11.5. The van der Waals surface area contributed by atoms with Gasteiger partial charge in [-0.3, -0.25) is 4.90 Å². The Kier molecular flexibility index (Phi) is 5.33. The van der Waals surface area contributed by atoms with Gasteiger partial charge in [0, 0.05) is 38.9 Å². The molecule has 2 aromatic rings. The van der Waals surface area contributed by atoms with Crippen LogP contribution in [0.3, 0.4) is 0 Å². The summed E-state index contributed by atoms with van der Waals surface area (Å²) in [5.41, 5.74) is 1.03. The molecule has 0 saturated carbocycles. The molecule has 0 aliphatic carbocycles. The van der Waals surface area contributed by atoms with Crippen LogP contribution >= 0.6 is 0 Å². The molecule has 1 aromatic carbocycles. The average molecular weight is 314 g/mol. The highest BCUT2D eigenvalue weighted by atomic mass is 16.5. The Morgan fingerprint density at radius 3 is 2.78 bits per heavy atom. The van der Waals surface area contributed by atoms with Gasteiger partial charge < -0.3 is 15.0 Å². The second-order valence-electron chi connectivity index (χ2n) is 5.42. The molecule has 0 unspecified atom stereocenters. The van der Waals surface area contributed by atoms with Crippen LogP contribution in [0.4, 0.5) is 17.5 Å². The molecule has 0 radical (unpaired) electrons. The van der Waals surface area contributed by atoms with Gasteiger partial charge in [-0.2, -0.15) is 10.1 Å². The van der Waals surface area contributed by atoms with Crippen LogP contribution in [-0.2, 0) is 4.74 Å². The van der Waals surface area contributed by atoms with Gasteiger partial charge in [0.1, 0.15) is 0 Å². The van der Waals surface area contributed by atoms with Gasteiger partial charge in [0.15, 0.2) is 5.82 Å². The third-order valence-electron chi connectivity index (χ3n) is 3.83. The third kappa shape index (κ3) is 4.37. The number of hydrogen-bond acceptors (Lipinski definition) is 7. The molecule has 23 heavy (non-hydrogen) atoms. The number of nitrogens with one attached hydrogen (secondary N) is 1. The lowest BCUT2D eigenvalue weighted by atomic mass is 10.3. The average Bonchev–Trinajstić information content (AvgIpc) is 2.63. The van der Waals surface area contributed by atoms with Crippen LogP contribution in [-0.4, -0.2) is 66.5 Å². The number of morpholine rings is 1. The van der Waals surface area contributed by atoms with E-state index in [1.54, 1.807) is 6.20 Å². The third-order valence-corrected chi connectivity index (χ3v) is 3.83. The van der Waals surface area contributed by atoms with Crippen molar-refractivity contribution in [1.29, 1.82) is 0 Å². The Labute approximate surface area is 136 Å². The van der Waals surface area contributed by atoms with Crippen LogP contribution < -0.4 is 10.2 Å². The van der Waals surface area contributed by atoms with Crippen LogP contribution in [0.15, 0.2) is 36.5 Å². The fourth-order valence-electron chi connectivity index (χ4n) is 2.46. The summed E-state index contributed by atoms with van der Waals surface area (Å²) in [4.78, 5) is 8.82. The maximum Gasteiger partial charge on any atom is 0.251 e. The molecule has 3 rings (SSSR count). The molecule has 1 aliphatic rings. The van der Waals surface area contributed by atoms with Crippen LogP contribution in [0.2, 0.25) is 0 Å². The normalized spacial score (nSPS) is 15.3. The first-order chi connectivity index (χ1) is 11.3. The SMILES string of the molecule is CN(c1ccccc1)c1nncc(NCCN2CCOCC2)n1. The molecule has 1 saturated heterocycles. The molecule has 7 heteroatoms. The molecular weight excluding hydrogens is 292 g/mol. The number of ether oxygens (including phenoxy) is 1. The highest BCUT2D eigenvalue weighted by molar-refractivity contribution is 5.56. The molecule has 0 spiro atoms. The van der Waals surface area contributed by atoms with E-state index in [4.69, 9.17) is 4.74 Å². The van der Waals surface area contributed by atoms with Crippen LogP contribution in [0.1, 0.15) is 0 Å². The molecule has 1 aliphatic heterocycles. The van der Waals surface area contributed by atoms with E-state index in [1.165, 1.54) is 0 Å². The van der Waals surface area contributed by atoms with E-state index in [9.17, 15) is 0 Å². The van der Waals surface area contributed by atoms with Crippen molar-refractivity contribution in [3.63, 3.8) is 0 Å². The molecule has 2 heterocycles. The van der Waals surface area contributed by atoms with Gasteiger partial charge in [-0.05, 0) is 12.1 Å². The minimum atomic E-state index is 0.576. The van der Waals surface area contributed by atoms with Crippen LogP contribution in [0.25, 0.3) is 0 Å². The van der Waals surface area contributed by atoms with E-state index in [0.29, 0.717) is 5.95 Å². The summed E-state index contributed by atoms with van der Waals surface area (Å²) < 4.78 is 5.35. The van der Waals surface area contributed by atoms with Gasteiger partial charge in [-0.1, -0.05) is 18.2 Å². The lowest BCUT2D eigenvalue weighted by molar-refractivity contribution is 0.0398. The van der Waals surface area contributed by atoms with E-state index < -0.39 is 0 Å². The van der Waals surface area contributed by atoms with E-state index in [-0.39, 0.29) is 0 Å². The molecule has 1 N–H and O–H groups in total. The Morgan fingerprint density at radius 2 is 2.00 bits per heavy atom. The first kappa shape index (κ1) is 15.6. The molecular formula is C16H22N6O. The number of benzene rings is 1. The maximum atomic E-state index is 5.35. The zero-order valence-electron chi connectivity index (χ0n) is 13.4. The van der Waals surface area contributed by atoms with Gasteiger partial charge in [-0.25, -0.2) is 0 Å². The van der Waals surface area contributed by atoms with Crippen LogP contribution in [0, 0.1) is 0 Å². The number of rotatable bonds is 6. The summed E-state index contributed by atoms with van der Waals surface area (Å²) in [7, 11) is 1.93. The smallest absolute Gasteiger partial charge is 0.251 e. The van der Waals surface area contributed by atoms with E-state index >= 15 is 0 Å². The summed E-state index contributed by atoms with van der Waals surface area (Å²) in [5.74, 6) is 1.32. The number of anilines is 3. The summed E-state index contributed by atoms with van der Waals surface area (Å²) in [6, 6.07) is 10.00. The van der Waals surface area contributed by atoms with E-state index in [0.717, 1.165) is 50.9 Å². The molecule has 122 valence electrons. The quantitative estimate of drug-likeness (QED) is 0.864. The molecule has 0 amide bonds. The van der Waals surface area contributed by atoms with Gasteiger partial charge >= 0.3 is 0 Å². The summed E-state index contributed by atoms with van der Waals surface area (Å²) >= 11 is 0. The molecule has 7 nitrogen and oxygen atoms in total. The van der Waals surface area contributed by atoms with E-state index in [2.05, 4.69) is 25.4 Å². The standard InChI is InChI=1S/C16H22N6O/c1-21(14-5-3-2-4-6-14)16-19-15(13-18-20-16)17-7-8-22-9-11-23-12-10-22/h2-6,13H,7-12H2,1H3,(H,17,19,20). The van der Waals surface area contributed by atoms with Crippen molar-refractivity contribution in [2.45, 2.75) is 0 Å². The highest BCUT2D eigenvalue weighted by Gasteiger charge is 2.11. The van der Waals surface area contributed by atoms with Crippen molar-refractivity contribution < 1.29 is 4.74 Å². The number of para-hydroxylation sites is 1. The molecule has 0 bridgehead atoms. The Hall–Kier alpha value is -2.25. The molecule has 0 atom stereocenters. The minimum absolute atomic E-state index is 0.576. The zero-order valence-corrected chi connectivity index (χ0v) is 13.4. The molecule has 1 fully saturated rings. The van der Waals surface area contributed by atoms with Gasteiger partial charge in [0.2, 0.25) is 0 Å². The molecule has 1 aromatic heterocycles. The van der Waals surface area contributed by atoms with Crippen molar-refractivity contribution in [3.05, 3.63) is 36.5 Å². The monoisotopic (exact) mass is 314 g/mol. The summed E-state index contributed by atoms with van der Waals surface area (Å²) in [6.07, 6.45) is 1.65. The Bertz CT molecular complexity index is 603. The number of hydrogen-bond donors (Lipinski definition) is 1. The van der Waals surface area contributed by atoms with Crippen molar-refractivity contribution in [2.24, 2.45) is 0 Å². The van der Waals surface area contributed by atoms with Crippen molar-refractivity contribution in [2.75, 3.05) is 56.7 Å². The second-order valence-corrected chi connectivity index (χ2v) is 5.42. The van der Waals surface area contributed by atoms with Gasteiger partial charge in [0.05, 0.1) is 19.4 Å². The largest absolute Gasteiger partial charge is 0.379 e. The highest BCUT2D eigenvalue weighted by Crippen LogP contribution is 2.19. The summed E-state index contributed by atoms with van der Waals surface area (Å²) in [6.45, 7) is 5.42. The fourth-order valence-corrected chi connectivity index (χ4v) is 2.46. The van der Waals surface area contributed by atoms with Gasteiger partial charge in [0.25, 0.3) is 5.95 Å². The van der Waals surface area contributed by atoms with Crippen molar-refractivity contribution >= 4 is 17.5 Å². The number of nitrogens with zero attached hydrogens (tertiary/aromatic N) is 5. The fraction of sp³-hybridized carbons (Fsp3) is 0.438. The lowest BCUT2D eigenvalue weighted by Crippen LogP contribution is -2.39. The first-order valence-corrected chi connectivity index (χ1v) is 7.85. The minimum Gasteiger partial charge on any atom is -0.379 e. The second kappa shape index (κ2) is 7.85. The zero-order chi connectivity index (χ0) is 15.9. The predicted octanol–water partition coefficient (Wildman–Crippen LogP) is 1.38. The Morgan fingerprint density at radius 1 is 1.22 bits per heavy atom. The van der Waals surface area contributed by atoms with Crippen LogP contribution in [0.5, 0.6) is 0 Å². The van der Waals surface area contributed by atoms with Gasteiger partial charge in [-0.15, -0.1) is 5.10 Å².